The molecule has 7 nitrogen and oxygen atoms in total. The predicted octanol–water partition coefficient (Wildman–Crippen LogP) is 5.51. The molecule has 0 saturated carbocycles. The molecule has 3 aromatic carbocycles. The number of benzene rings is 3. The van der Waals surface area contributed by atoms with E-state index in [0.717, 1.165) is 16.7 Å². The molecule has 0 radical (unpaired) electrons. The maximum atomic E-state index is 14.3. The largest absolute Gasteiger partial charge is 0.472 e. The van der Waals surface area contributed by atoms with E-state index >= 15 is 0 Å². The lowest BCUT2D eigenvalue weighted by molar-refractivity contribution is 0.251. The lowest BCUT2D eigenvalue weighted by atomic mass is 10.1. The summed E-state index contributed by atoms with van der Waals surface area (Å²) < 4.78 is 48.8. The van der Waals surface area contributed by atoms with Crippen LogP contribution >= 0.6 is 11.6 Å². The summed E-state index contributed by atoms with van der Waals surface area (Å²) in [5, 5.41) is 4.81. The predicted molar refractivity (Wildman–Crippen MR) is 133 cm³/mol. The maximum Gasteiger partial charge on any atom is 0.319 e. The molecular formula is C26H20ClF3N4O3. The molecule has 2 amide bonds. The van der Waals surface area contributed by atoms with Crippen molar-refractivity contribution in [2.45, 2.75) is 20.1 Å². The van der Waals surface area contributed by atoms with E-state index in [1.807, 2.05) is 6.07 Å². The third kappa shape index (κ3) is 5.92. The molecule has 0 bridgehead atoms. The summed E-state index contributed by atoms with van der Waals surface area (Å²) >= 11 is 6.14. The summed E-state index contributed by atoms with van der Waals surface area (Å²) in [7, 11) is 0. The van der Waals surface area contributed by atoms with Gasteiger partial charge in [0.2, 0.25) is 5.88 Å². The second-order valence-electron chi connectivity index (χ2n) is 7.86. The summed E-state index contributed by atoms with van der Waals surface area (Å²) in [4.78, 5) is 29.1. The van der Waals surface area contributed by atoms with Crippen LogP contribution in [0.4, 0.5) is 23.7 Å². The van der Waals surface area contributed by atoms with Gasteiger partial charge in [-0.05, 0) is 54.4 Å². The minimum Gasteiger partial charge on any atom is -0.472 e. The number of rotatable bonds is 7. The number of nitrogens with one attached hydrogen (secondary N) is 2. The van der Waals surface area contributed by atoms with Crippen molar-refractivity contribution >= 4 is 23.3 Å². The van der Waals surface area contributed by atoms with Gasteiger partial charge in [0.15, 0.2) is 5.02 Å². The fourth-order valence-corrected chi connectivity index (χ4v) is 3.74. The Balaban J connectivity index is 1.52. The van der Waals surface area contributed by atoms with Crippen LogP contribution in [-0.4, -0.2) is 15.6 Å². The van der Waals surface area contributed by atoms with Crippen molar-refractivity contribution in [2.75, 3.05) is 5.32 Å². The van der Waals surface area contributed by atoms with Crippen LogP contribution in [0.1, 0.15) is 17.0 Å². The van der Waals surface area contributed by atoms with Crippen LogP contribution in [0, 0.1) is 24.4 Å². The Morgan fingerprint density at radius 1 is 1.00 bits per heavy atom. The molecule has 0 aliphatic rings. The van der Waals surface area contributed by atoms with Crippen LogP contribution in [0.25, 0.3) is 5.69 Å². The van der Waals surface area contributed by atoms with E-state index in [2.05, 4.69) is 15.6 Å². The average Bonchev–Trinajstić information content (AvgIpc) is 2.87. The highest BCUT2D eigenvalue weighted by molar-refractivity contribution is 6.31. The molecule has 1 aromatic heterocycles. The van der Waals surface area contributed by atoms with E-state index in [1.54, 1.807) is 24.3 Å². The molecular weight excluding hydrogens is 509 g/mol. The molecule has 0 spiro atoms. The van der Waals surface area contributed by atoms with Crippen molar-refractivity contribution in [3.05, 3.63) is 117 Å². The maximum absolute atomic E-state index is 14.3. The molecule has 1 heterocycles. The number of amides is 2. The summed E-state index contributed by atoms with van der Waals surface area (Å²) in [6.07, 6.45) is 0. The van der Waals surface area contributed by atoms with Crippen molar-refractivity contribution in [1.29, 1.82) is 0 Å². The van der Waals surface area contributed by atoms with Gasteiger partial charge in [-0.15, -0.1) is 0 Å². The van der Waals surface area contributed by atoms with Crippen molar-refractivity contribution in [2.24, 2.45) is 0 Å². The molecule has 0 atom stereocenters. The number of nitrogens with zero attached hydrogens (tertiary/aromatic N) is 2. The molecule has 0 unspecified atom stereocenters. The van der Waals surface area contributed by atoms with E-state index in [0.29, 0.717) is 16.8 Å². The van der Waals surface area contributed by atoms with Crippen LogP contribution in [-0.2, 0) is 13.2 Å². The molecule has 190 valence electrons. The first kappa shape index (κ1) is 25.8. The lowest BCUT2D eigenvalue weighted by Gasteiger charge is -2.15. The molecule has 2 N–H and O–H groups in total. The molecule has 4 rings (SSSR count). The highest BCUT2D eigenvalue weighted by atomic mass is 35.5. The van der Waals surface area contributed by atoms with Gasteiger partial charge in [0.1, 0.15) is 35.6 Å². The van der Waals surface area contributed by atoms with Gasteiger partial charge in [0, 0.05) is 12.2 Å². The highest BCUT2D eigenvalue weighted by Gasteiger charge is 2.20. The van der Waals surface area contributed by atoms with Crippen molar-refractivity contribution < 1.29 is 22.7 Å². The molecule has 0 saturated heterocycles. The molecule has 0 aliphatic heterocycles. The van der Waals surface area contributed by atoms with Gasteiger partial charge in [-0.1, -0.05) is 41.9 Å². The quantitative estimate of drug-likeness (QED) is 0.331. The van der Waals surface area contributed by atoms with Gasteiger partial charge in [-0.25, -0.2) is 18.0 Å². The highest BCUT2D eigenvalue weighted by Crippen LogP contribution is 2.24. The Morgan fingerprint density at radius 2 is 1.70 bits per heavy atom. The molecule has 4 aromatic rings. The zero-order valence-electron chi connectivity index (χ0n) is 19.4. The van der Waals surface area contributed by atoms with E-state index in [9.17, 15) is 22.8 Å². The number of halogens is 4. The smallest absolute Gasteiger partial charge is 0.319 e. The number of aryl methyl sites for hydroxylation is 1. The molecule has 11 heteroatoms. The first-order chi connectivity index (χ1) is 17.7. The number of ether oxygens (including phenoxy) is 1. The Labute approximate surface area is 214 Å². The fourth-order valence-electron chi connectivity index (χ4n) is 3.56. The Bertz CT molecular complexity index is 1490. The van der Waals surface area contributed by atoms with Crippen LogP contribution in [0.3, 0.4) is 0 Å². The van der Waals surface area contributed by atoms with Gasteiger partial charge in [-0.3, -0.25) is 9.36 Å². The molecule has 37 heavy (non-hydrogen) atoms. The Kier molecular flexibility index (Phi) is 7.78. The van der Waals surface area contributed by atoms with Crippen LogP contribution in [0.15, 0.2) is 71.5 Å². The number of hydrogen-bond acceptors (Lipinski definition) is 4. The first-order valence-electron chi connectivity index (χ1n) is 11.0. The van der Waals surface area contributed by atoms with Gasteiger partial charge in [-0.2, -0.15) is 4.98 Å². The van der Waals surface area contributed by atoms with E-state index < -0.39 is 39.8 Å². The number of carbonyl (C=O) groups excluding carboxylic acids is 1. The van der Waals surface area contributed by atoms with Crippen LogP contribution in [0.2, 0.25) is 5.02 Å². The Morgan fingerprint density at radius 3 is 2.41 bits per heavy atom. The zero-order valence-corrected chi connectivity index (χ0v) is 20.2. The molecule has 0 aliphatic carbocycles. The van der Waals surface area contributed by atoms with Gasteiger partial charge >= 0.3 is 6.03 Å². The van der Waals surface area contributed by atoms with Crippen molar-refractivity contribution in [3.63, 3.8) is 0 Å². The second-order valence-corrected chi connectivity index (χ2v) is 8.24. The van der Waals surface area contributed by atoms with Crippen LogP contribution < -0.4 is 20.9 Å². The van der Waals surface area contributed by atoms with Crippen molar-refractivity contribution in [3.8, 4) is 11.6 Å². The second kappa shape index (κ2) is 11.2. The van der Waals surface area contributed by atoms with E-state index in [4.69, 9.17) is 16.3 Å². The average molecular weight is 529 g/mol. The first-order valence-corrected chi connectivity index (χ1v) is 11.4. The summed E-state index contributed by atoms with van der Waals surface area (Å²) in [6.45, 7) is 1.17. The monoisotopic (exact) mass is 528 g/mol. The van der Waals surface area contributed by atoms with Gasteiger partial charge < -0.3 is 15.4 Å². The standard InChI is InChI=1S/C26H20ClF3N4O3/c1-15-32-24(22(27)25(35)34(15)23-20(29)8-5-9-21(23)30)37-14-16-10-11-18(28)12-17(16)13-31-26(36)33-19-6-3-2-4-7-19/h2-12H,13-14H2,1H3,(H2,31,33,36). The normalized spacial score (nSPS) is 10.7. The minimum absolute atomic E-state index is 0.0243. The summed E-state index contributed by atoms with van der Waals surface area (Å²) in [5.41, 5.74) is -0.0404. The topological polar surface area (TPSA) is 85.2 Å². The molecule has 0 fully saturated rings. The van der Waals surface area contributed by atoms with E-state index in [-0.39, 0.29) is 24.9 Å². The zero-order chi connectivity index (χ0) is 26.5. The number of para-hydroxylation sites is 2. The van der Waals surface area contributed by atoms with Crippen molar-refractivity contribution in [1.82, 2.24) is 14.9 Å². The van der Waals surface area contributed by atoms with E-state index in [1.165, 1.54) is 31.2 Å². The van der Waals surface area contributed by atoms with Gasteiger partial charge in [0.05, 0.1) is 0 Å². The Hall–Kier alpha value is -4.31. The SMILES string of the molecule is Cc1nc(OCc2ccc(F)cc2CNC(=O)Nc2ccccc2)c(Cl)c(=O)n1-c1c(F)cccc1F. The number of hydrogen-bond donors (Lipinski definition) is 2. The summed E-state index contributed by atoms with van der Waals surface area (Å²) in [6, 6.07) is 15.4. The van der Waals surface area contributed by atoms with Gasteiger partial charge in [0.25, 0.3) is 5.56 Å². The van der Waals surface area contributed by atoms with Crippen LogP contribution in [0.5, 0.6) is 5.88 Å². The fraction of sp³-hybridized carbons (Fsp3) is 0.115. The third-order valence-corrected chi connectivity index (χ3v) is 5.65. The number of anilines is 1. The summed E-state index contributed by atoms with van der Waals surface area (Å²) in [5.74, 6) is -2.77. The number of aromatic nitrogens is 2. The minimum atomic E-state index is -0.962. The number of urea groups is 1. The third-order valence-electron chi connectivity index (χ3n) is 5.33. The lowest BCUT2D eigenvalue weighted by Crippen LogP contribution is -2.28. The number of carbonyl (C=O) groups is 1.